The van der Waals surface area contributed by atoms with Gasteiger partial charge in [0.1, 0.15) is 0 Å². The SMILES string of the molecule is CCC1(CC)CC(N=C=O)CCO1. The number of hydrogen-bond donors (Lipinski definition) is 0. The van der Waals surface area contributed by atoms with E-state index in [9.17, 15) is 4.79 Å². The van der Waals surface area contributed by atoms with Crippen LogP contribution in [-0.2, 0) is 9.53 Å². The monoisotopic (exact) mass is 183 g/mol. The Labute approximate surface area is 79.2 Å². The predicted octanol–water partition coefficient (Wildman–Crippen LogP) is 2.06. The Morgan fingerprint density at radius 3 is 2.77 bits per heavy atom. The maximum Gasteiger partial charge on any atom is 0.235 e. The molecule has 0 saturated carbocycles. The third kappa shape index (κ3) is 2.39. The molecule has 0 aliphatic carbocycles. The summed E-state index contributed by atoms with van der Waals surface area (Å²) in [6, 6.07) is 0.131. The van der Waals surface area contributed by atoms with E-state index < -0.39 is 0 Å². The molecule has 0 aromatic heterocycles. The van der Waals surface area contributed by atoms with Gasteiger partial charge in [0, 0.05) is 6.61 Å². The maximum absolute atomic E-state index is 10.1. The highest BCUT2D eigenvalue weighted by Crippen LogP contribution is 2.32. The Morgan fingerprint density at radius 2 is 2.23 bits per heavy atom. The number of ether oxygens (including phenoxy) is 1. The zero-order valence-electron chi connectivity index (χ0n) is 8.38. The molecule has 1 atom stereocenters. The van der Waals surface area contributed by atoms with Gasteiger partial charge in [-0.15, -0.1) is 0 Å². The van der Waals surface area contributed by atoms with E-state index in [1.807, 2.05) is 0 Å². The van der Waals surface area contributed by atoms with Crippen LogP contribution in [0.15, 0.2) is 4.99 Å². The first-order valence-corrected chi connectivity index (χ1v) is 4.97. The first-order chi connectivity index (χ1) is 6.26. The fourth-order valence-corrected chi connectivity index (χ4v) is 1.93. The molecule has 1 heterocycles. The van der Waals surface area contributed by atoms with Crippen molar-refractivity contribution in [3.8, 4) is 0 Å². The van der Waals surface area contributed by atoms with Crippen molar-refractivity contribution in [1.29, 1.82) is 0 Å². The summed E-state index contributed by atoms with van der Waals surface area (Å²) < 4.78 is 5.75. The molecule has 1 aliphatic rings. The Bertz CT molecular complexity index is 205. The minimum absolute atomic E-state index is 0.0384. The smallest absolute Gasteiger partial charge is 0.235 e. The van der Waals surface area contributed by atoms with Crippen LogP contribution in [0.2, 0.25) is 0 Å². The molecule has 74 valence electrons. The van der Waals surface area contributed by atoms with Crippen LogP contribution in [0.3, 0.4) is 0 Å². The normalized spacial score (nSPS) is 26.5. The molecule has 3 nitrogen and oxygen atoms in total. The van der Waals surface area contributed by atoms with Crippen LogP contribution in [0.1, 0.15) is 39.5 Å². The Morgan fingerprint density at radius 1 is 1.54 bits per heavy atom. The number of isocyanates is 1. The predicted molar refractivity (Wildman–Crippen MR) is 50.4 cm³/mol. The van der Waals surface area contributed by atoms with Gasteiger partial charge in [0.2, 0.25) is 6.08 Å². The number of hydrogen-bond acceptors (Lipinski definition) is 3. The van der Waals surface area contributed by atoms with Gasteiger partial charge in [0.25, 0.3) is 0 Å². The summed E-state index contributed by atoms with van der Waals surface area (Å²) >= 11 is 0. The molecule has 1 unspecified atom stereocenters. The van der Waals surface area contributed by atoms with Gasteiger partial charge in [0.05, 0.1) is 11.6 Å². The highest BCUT2D eigenvalue weighted by molar-refractivity contribution is 5.33. The number of nitrogens with zero attached hydrogens (tertiary/aromatic N) is 1. The molecule has 0 bridgehead atoms. The van der Waals surface area contributed by atoms with Crippen LogP contribution < -0.4 is 0 Å². The van der Waals surface area contributed by atoms with Crippen LogP contribution >= 0.6 is 0 Å². The summed E-state index contributed by atoms with van der Waals surface area (Å²) in [5.74, 6) is 0. The van der Waals surface area contributed by atoms with E-state index in [0.29, 0.717) is 0 Å². The standard InChI is InChI=1S/C10H17NO2/c1-3-10(4-2)7-9(11-8-12)5-6-13-10/h9H,3-7H2,1-2H3. The molecule has 0 aromatic rings. The van der Waals surface area contributed by atoms with Crippen LogP contribution in [0.4, 0.5) is 0 Å². The molecule has 0 spiro atoms. The van der Waals surface area contributed by atoms with Gasteiger partial charge in [-0.2, -0.15) is 0 Å². The van der Waals surface area contributed by atoms with E-state index in [1.165, 1.54) is 0 Å². The average Bonchev–Trinajstić information content (AvgIpc) is 2.19. The van der Waals surface area contributed by atoms with Crippen molar-refractivity contribution in [2.24, 2.45) is 4.99 Å². The van der Waals surface area contributed by atoms with Crippen LogP contribution in [0.5, 0.6) is 0 Å². The number of rotatable bonds is 3. The Kier molecular flexibility index (Phi) is 3.64. The highest BCUT2D eigenvalue weighted by atomic mass is 16.5. The second-order valence-electron chi connectivity index (χ2n) is 3.61. The lowest BCUT2D eigenvalue weighted by Gasteiger charge is -2.38. The average molecular weight is 183 g/mol. The Balaban J connectivity index is 2.63. The van der Waals surface area contributed by atoms with Crippen molar-refractivity contribution < 1.29 is 9.53 Å². The minimum Gasteiger partial charge on any atom is -0.375 e. The first-order valence-electron chi connectivity index (χ1n) is 4.97. The highest BCUT2D eigenvalue weighted by Gasteiger charge is 2.34. The van der Waals surface area contributed by atoms with Crippen molar-refractivity contribution in [2.45, 2.75) is 51.2 Å². The van der Waals surface area contributed by atoms with Crippen LogP contribution in [-0.4, -0.2) is 24.3 Å². The largest absolute Gasteiger partial charge is 0.375 e. The lowest BCUT2D eigenvalue weighted by Crippen LogP contribution is -2.40. The lowest BCUT2D eigenvalue weighted by atomic mass is 9.86. The molecule has 1 rings (SSSR count). The zero-order chi connectivity index (χ0) is 9.73. The first kappa shape index (κ1) is 10.4. The summed E-state index contributed by atoms with van der Waals surface area (Å²) in [6.45, 7) is 4.96. The molecule has 0 aromatic carbocycles. The van der Waals surface area contributed by atoms with Gasteiger partial charge < -0.3 is 4.74 Å². The maximum atomic E-state index is 10.1. The topological polar surface area (TPSA) is 38.7 Å². The third-order valence-corrected chi connectivity index (χ3v) is 2.99. The van der Waals surface area contributed by atoms with E-state index in [-0.39, 0.29) is 11.6 Å². The fraction of sp³-hybridized carbons (Fsp3) is 0.900. The second-order valence-corrected chi connectivity index (χ2v) is 3.61. The fourth-order valence-electron chi connectivity index (χ4n) is 1.93. The second kappa shape index (κ2) is 4.54. The molecule has 13 heavy (non-hydrogen) atoms. The summed E-state index contributed by atoms with van der Waals surface area (Å²) in [5, 5.41) is 0. The summed E-state index contributed by atoms with van der Waals surface area (Å²) in [4.78, 5) is 13.9. The van der Waals surface area contributed by atoms with Gasteiger partial charge >= 0.3 is 0 Å². The lowest BCUT2D eigenvalue weighted by molar-refractivity contribution is -0.0884. The van der Waals surface area contributed by atoms with Crippen molar-refractivity contribution in [3.63, 3.8) is 0 Å². The van der Waals surface area contributed by atoms with E-state index in [2.05, 4.69) is 18.8 Å². The van der Waals surface area contributed by atoms with E-state index in [0.717, 1.165) is 32.3 Å². The molecular formula is C10H17NO2. The molecule has 1 saturated heterocycles. The van der Waals surface area contributed by atoms with E-state index in [4.69, 9.17) is 4.74 Å². The minimum atomic E-state index is -0.0384. The Hall–Kier alpha value is -0.660. The molecule has 1 fully saturated rings. The van der Waals surface area contributed by atoms with Gasteiger partial charge in [-0.1, -0.05) is 13.8 Å². The van der Waals surface area contributed by atoms with Gasteiger partial charge in [-0.3, -0.25) is 0 Å². The summed E-state index contributed by atoms with van der Waals surface area (Å²) in [7, 11) is 0. The quantitative estimate of drug-likeness (QED) is 0.496. The van der Waals surface area contributed by atoms with Gasteiger partial charge in [0.15, 0.2) is 0 Å². The van der Waals surface area contributed by atoms with Crippen molar-refractivity contribution in [2.75, 3.05) is 6.61 Å². The number of carbonyl (C=O) groups excluding carboxylic acids is 1. The third-order valence-electron chi connectivity index (χ3n) is 2.99. The molecule has 0 N–H and O–H groups in total. The molecule has 0 radical (unpaired) electrons. The zero-order valence-corrected chi connectivity index (χ0v) is 8.38. The van der Waals surface area contributed by atoms with Crippen molar-refractivity contribution >= 4 is 6.08 Å². The van der Waals surface area contributed by atoms with Gasteiger partial charge in [-0.25, -0.2) is 9.79 Å². The van der Waals surface area contributed by atoms with Crippen LogP contribution in [0, 0.1) is 0 Å². The van der Waals surface area contributed by atoms with Gasteiger partial charge in [-0.05, 0) is 25.7 Å². The molecular weight excluding hydrogens is 166 g/mol. The number of aliphatic imine (C=N–C) groups is 1. The van der Waals surface area contributed by atoms with Crippen LogP contribution in [0.25, 0.3) is 0 Å². The van der Waals surface area contributed by atoms with E-state index >= 15 is 0 Å². The molecule has 1 aliphatic heterocycles. The molecule has 3 heteroatoms. The summed E-state index contributed by atoms with van der Waals surface area (Å²) in [6.07, 6.45) is 5.36. The van der Waals surface area contributed by atoms with E-state index in [1.54, 1.807) is 6.08 Å². The summed E-state index contributed by atoms with van der Waals surface area (Å²) in [5.41, 5.74) is -0.0384. The van der Waals surface area contributed by atoms with Crippen molar-refractivity contribution in [1.82, 2.24) is 0 Å². The van der Waals surface area contributed by atoms with Crippen molar-refractivity contribution in [3.05, 3.63) is 0 Å². The molecule has 0 amide bonds.